The Balaban J connectivity index is 1.61. The van der Waals surface area contributed by atoms with Crippen molar-refractivity contribution >= 4 is 22.6 Å². The lowest BCUT2D eigenvalue weighted by molar-refractivity contribution is 0.0907. The first-order chi connectivity index (χ1) is 16.3. The van der Waals surface area contributed by atoms with E-state index in [1.165, 1.54) is 25.3 Å². The summed E-state index contributed by atoms with van der Waals surface area (Å²) < 4.78 is 13.6. The van der Waals surface area contributed by atoms with Crippen LogP contribution in [0.25, 0.3) is 10.8 Å². The topological polar surface area (TPSA) is 91.3 Å². The Kier molecular flexibility index (Phi) is 6.54. The summed E-state index contributed by atoms with van der Waals surface area (Å²) in [7, 11) is 0. The lowest BCUT2D eigenvalue weighted by Gasteiger charge is -2.21. The number of carbonyl (C=O) groups is 2. The van der Waals surface area contributed by atoms with E-state index in [4.69, 9.17) is 0 Å². The molecular formula is C27H24FN3O3. The fraction of sp³-hybridized carbons (Fsp3) is 0.148. The maximum absolute atomic E-state index is 13.6. The van der Waals surface area contributed by atoms with Crippen molar-refractivity contribution in [3.05, 3.63) is 107 Å². The van der Waals surface area contributed by atoms with E-state index in [9.17, 15) is 19.1 Å². The third-order valence-electron chi connectivity index (χ3n) is 5.77. The molecule has 0 spiro atoms. The number of nitrogens with zero attached hydrogens (tertiary/aromatic N) is 1. The van der Waals surface area contributed by atoms with Crippen molar-refractivity contribution < 1.29 is 19.1 Å². The van der Waals surface area contributed by atoms with Crippen LogP contribution in [0.15, 0.2) is 72.9 Å². The van der Waals surface area contributed by atoms with Crippen LogP contribution in [-0.4, -0.2) is 28.4 Å². The number of phenols is 1. The molecule has 0 saturated heterocycles. The SMILES string of the molecule is Cc1cc(C(=O)NC(CNC(=O)c2cccc(O)c2C)c2ccc3ccccc3c2)cnc1F. The zero-order valence-corrected chi connectivity index (χ0v) is 18.8. The van der Waals surface area contributed by atoms with Crippen molar-refractivity contribution in [2.24, 2.45) is 0 Å². The molecule has 0 saturated carbocycles. The number of hydrogen-bond acceptors (Lipinski definition) is 4. The van der Waals surface area contributed by atoms with Gasteiger partial charge >= 0.3 is 0 Å². The molecule has 3 aromatic carbocycles. The minimum atomic E-state index is -0.628. The Morgan fingerprint density at radius 3 is 2.50 bits per heavy atom. The number of aromatic hydroxyl groups is 1. The van der Waals surface area contributed by atoms with Crippen LogP contribution in [0.5, 0.6) is 5.75 Å². The number of phenolic OH excluding ortho intramolecular Hbond substituents is 1. The van der Waals surface area contributed by atoms with E-state index in [0.717, 1.165) is 16.3 Å². The van der Waals surface area contributed by atoms with Crippen LogP contribution in [0, 0.1) is 19.8 Å². The summed E-state index contributed by atoms with van der Waals surface area (Å²) in [5.41, 5.74) is 2.11. The minimum absolute atomic E-state index is 0.0335. The van der Waals surface area contributed by atoms with Crippen LogP contribution in [0.3, 0.4) is 0 Å². The molecule has 0 aliphatic heterocycles. The monoisotopic (exact) mass is 457 g/mol. The van der Waals surface area contributed by atoms with Crippen molar-refractivity contribution in [1.82, 2.24) is 15.6 Å². The summed E-state index contributed by atoms with van der Waals surface area (Å²) in [6, 6.07) is 19.3. The molecule has 0 fully saturated rings. The molecule has 0 bridgehead atoms. The smallest absolute Gasteiger partial charge is 0.253 e. The number of aromatic nitrogens is 1. The van der Waals surface area contributed by atoms with Gasteiger partial charge < -0.3 is 15.7 Å². The number of fused-ring (bicyclic) bond motifs is 1. The maximum Gasteiger partial charge on any atom is 0.253 e. The van der Waals surface area contributed by atoms with Gasteiger partial charge in [0, 0.05) is 29.4 Å². The number of benzene rings is 3. The average molecular weight is 458 g/mol. The summed E-state index contributed by atoms with van der Waals surface area (Å²) in [6.07, 6.45) is 1.18. The van der Waals surface area contributed by atoms with Gasteiger partial charge in [-0.1, -0.05) is 42.5 Å². The second-order valence-corrected chi connectivity index (χ2v) is 8.12. The largest absolute Gasteiger partial charge is 0.508 e. The molecular weight excluding hydrogens is 433 g/mol. The Morgan fingerprint density at radius 1 is 0.971 bits per heavy atom. The Morgan fingerprint density at radius 2 is 1.74 bits per heavy atom. The first-order valence-corrected chi connectivity index (χ1v) is 10.8. The first-order valence-electron chi connectivity index (χ1n) is 10.8. The number of carbonyl (C=O) groups excluding carboxylic acids is 2. The number of pyridine rings is 1. The van der Waals surface area contributed by atoms with Gasteiger partial charge in [0.05, 0.1) is 11.6 Å². The molecule has 0 aliphatic carbocycles. The van der Waals surface area contributed by atoms with Crippen molar-refractivity contribution in [3.63, 3.8) is 0 Å². The number of hydrogen-bond donors (Lipinski definition) is 3. The normalized spacial score (nSPS) is 11.7. The molecule has 7 heteroatoms. The molecule has 1 aromatic heterocycles. The summed E-state index contributed by atoms with van der Waals surface area (Å²) in [5, 5.41) is 17.7. The average Bonchev–Trinajstić information content (AvgIpc) is 2.84. The number of aryl methyl sites for hydroxylation is 1. The van der Waals surface area contributed by atoms with E-state index < -0.39 is 17.9 Å². The van der Waals surface area contributed by atoms with Gasteiger partial charge in [0.25, 0.3) is 11.8 Å². The van der Waals surface area contributed by atoms with Crippen LogP contribution in [0.2, 0.25) is 0 Å². The maximum atomic E-state index is 13.6. The Bertz CT molecular complexity index is 1390. The predicted molar refractivity (Wildman–Crippen MR) is 128 cm³/mol. The zero-order valence-electron chi connectivity index (χ0n) is 18.8. The standard InChI is InChI=1S/C27H24FN3O3/c1-16-12-21(14-29-25(16)28)26(33)31-23(20-11-10-18-6-3-4-7-19(18)13-20)15-30-27(34)22-8-5-9-24(32)17(22)2/h3-14,23,32H,15H2,1-2H3,(H,30,34)(H,31,33). The molecule has 1 atom stereocenters. The van der Waals surface area contributed by atoms with Gasteiger partial charge in [-0.25, -0.2) is 4.98 Å². The predicted octanol–water partition coefficient (Wildman–Crippen LogP) is 4.60. The molecule has 1 heterocycles. The van der Waals surface area contributed by atoms with Gasteiger partial charge in [0.1, 0.15) is 5.75 Å². The summed E-state index contributed by atoms with van der Waals surface area (Å²) in [4.78, 5) is 29.4. The Hall–Kier alpha value is -4.26. The van der Waals surface area contributed by atoms with Crippen molar-refractivity contribution in [1.29, 1.82) is 0 Å². The lowest BCUT2D eigenvalue weighted by atomic mass is 10.0. The van der Waals surface area contributed by atoms with Crippen LogP contribution < -0.4 is 10.6 Å². The molecule has 2 amide bonds. The fourth-order valence-corrected chi connectivity index (χ4v) is 3.76. The van der Waals surface area contributed by atoms with Crippen LogP contribution in [0.4, 0.5) is 4.39 Å². The van der Waals surface area contributed by atoms with Crippen LogP contribution in [0.1, 0.15) is 43.4 Å². The van der Waals surface area contributed by atoms with Gasteiger partial charge in [0.2, 0.25) is 5.95 Å². The van der Waals surface area contributed by atoms with E-state index in [2.05, 4.69) is 15.6 Å². The summed E-state index contributed by atoms with van der Waals surface area (Å²) in [5.74, 6) is -1.40. The van der Waals surface area contributed by atoms with E-state index >= 15 is 0 Å². The molecule has 3 N–H and O–H groups in total. The molecule has 0 radical (unpaired) electrons. The van der Waals surface area contributed by atoms with E-state index in [1.807, 2.05) is 42.5 Å². The Labute approximate surface area is 196 Å². The van der Waals surface area contributed by atoms with Crippen molar-refractivity contribution in [2.75, 3.05) is 6.54 Å². The third-order valence-corrected chi connectivity index (χ3v) is 5.77. The van der Waals surface area contributed by atoms with Crippen molar-refractivity contribution in [3.8, 4) is 5.75 Å². The van der Waals surface area contributed by atoms with Gasteiger partial charge in [0.15, 0.2) is 0 Å². The molecule has 1 unspecified atom stereocenters. The number of rotatable bonds is 6. The molecule has 34 heavy (non-hydrogen) atoms. The van der Waals surface area contributed by atoms with Gasteiger partial charge in [-0.05, 0) is 54.4 Å². The van der Waals surface area contributed by atoms with Crippen LogP contribution in [-0.2, 0) is 0 Å². The third kappa shape index (κ3) is 4.88. The quantitative estimate of drug-likeness (QED) is 0.369. The lowest BCUT2D eigenvalue weighted by Crippen LogP contribution is -2.38. The molecule has 172 valence electrons. The van der Waals surface area contributed by atoms with E-state index in [1.54, 1.807) is 19.1 Å². The van der Waals surface area contributed by atoms with Gasteiger partial charge in [-0.15, -0.1) is 0 Å². The molecule has 4 aromatic rings. The van der Waals surface area contributed by atoms with Crippen molar-refractivity contribution in [2.45, 2.75) is 19.9 Å². The highest BCUT2D eigenvalue weighted by atomic mass is 19.1. The summed E-state index contributed by atoms with van der Waals surface area (Å²) in [6.45, 7) is 3.31. The second kappa shape index (κ2) is 9.70. The zero-order chi connectivity index (χ0) is 24.2. The van der Waals surface area contributed by atoms with Crippen LogP contribution >= 0.6 is 0 Å². The molecule has 4 rings (SSSR count). The fourth-order valence-electron chi connectivity index (χ4n) is 3.76. The first kappa shape index (κ1) is 22.9. The molecule has 0 aliphatic rings. The number of amides is 2. The summed E-state index contributed by atoms with van der Waals surface area (Å²) >= 11 is 0. The highest BCUT2D eigenvalue weighted by Gasteiger charge is 2.20. The highest BCUT2D eigenvalue weighted by Crippen LogP contribution is 2.22. The van der Waals surface area contributed by atoms with Gasteiger partial charge in [-0.2, -0.15) is 4.39 Å². The van der Waals surface area contributed by atoms with E-state index in [-0.39, 0.29) is 29.3 Å². The number of nitrogens with one attached hydrogen (secondary N) is 2. The number of halogens is 1. The van der Waals surface area contributed by atoms with Gasteiger partial charge in [-0.3, -0.25) is 9.59 Å². The highest BCUT2D eigenvalue weighted by molar-refractivity contribution is 5.97. The minimum Gasteiger partial charge on any atom is -0.508 e. The molecule has 6 nitrogen and oxygen atoms in total. The second-order valence-electron chi connectivity index (χ2n) is 8.12. The van der Waals surface area contributed by atoms with E-state index in [0.29, 0.717) is 11.1 Å².